The number of hydrogen-bond donors (Lipinski definition) is 2. The van der Waals surface area contributed by atoms with E-state index in [0.29, 0.717) is 0 Å². The number of nitrogens with one attached hydrogen (secondary N) is 1. The molecule has 0 saturated heterocycles. The van der Waals surface area contributed by atoms with Crippen LogP contribution in [-0.4, -0.2) is 15.7 Å². The minimum absolute atomic E-state index is 0. The van der Waals surface area contributed by atoms with Gasteiger partial charge in [0.05, 0.1) is 12.2 Å². The van der Waals surface area contributed by atoms with Crippen LogP contribution in [0.1, 0.15) is 41.4 Å². The molecule has 0 aliphatic heterocycles. The van der Waals surface area contributed by atoms with Gasteiger partial charge in [0.1, 0.15) is 6.04 Å². The predicted molar refractivity (Wildman–Crippen MR) is 89.9 cm³/mol. The molecule has 2 aromatic rings. The normalized spacial score (nSPS) is 13.1. The maximum atomic E-state index is 12.3. The summed E-state index contributed by atoms with van der Waals surface area (Å²) in [6.45, 7) is 5.91. The lowest BCUT2D eigenvalue weighted by Crippen LogP contribution is -2.35. The quantitative estimate of drug-likeness (QED) is 0.907. The molecule has 0 spiro atoms. The van der Waals surface area contributed by atoms with E-state index in [2.05, 4.69) is 10.4 Å². The van der Waals surface area contributed by atoms with Crippen LogP contribution in [0.4, 0.5) is 0 Å². The maximum Gasteiger partial charge on any atom is 0.241 e. The van der Waals surface area contributed by atoms with Gasteiger partial charge in [-0.25, -0.2) is 0 Å². The summed E-state index contributed by atoms with van der Waals surface area (Å²) in [5.41, 5.74) is 10.0. The lowest BCUT2D eigenvalue weighted by atomic mass is 10.0. The molecule has 2 unspecified atom stereocenters. The van der Waals surface area contributed by atoms with Crippen LogP contribution in [0.15, 0.2) is 30.5 Å². The average molecular weight is 323 g/mol. The first-order valence-electron chi connectivity index (χ1n) is 7.01. The Labute approximate surface area is 137 Å². The van der Waals surface area contributed by atoms with E-state index >= 15 is 0 Å². The van der Waals surface area contributed by atoms with Gasteiger partial charge in [0, 0.05) is 18.3 Å². The third-order valence-electron chi connectivity index (χ3n) is 3.82. The number of carbonyl (C=O) groups excluding carboxylic acids is 1. The van der Waals surface area contributed by atoms with Crippen molar-refractivity contribution < 1.29 is 4.79 Å². The van der Waals surface area contributed by atoms with E-state index in [1.165, 1.54) is 0 Å². The van der Waals surface area contributed by atoms with Crippen LogP contribution < -0.4 is 11.1 Å². The van der Waals surface area contributed by atoms with Gasteiger partial charge < -0.3 is 11.1 Å². The smallest absolute Gasteiger partial charge is 0.241 e. The summed E-state index contributed by atoms with van der Waals surface area (Å²) in [6, 6.07) is 6.90. The van der Waals surface area contributed by atoms with Crippen molar-refractivity contribution in [3.05, 3.63) is 52.8 Å². The first-order valence-corrected chi connectivity index (χ1v) is 7.01. The Balaban J connectivity index is 0.00000242. The Morgan fingerprint density at radius 2 is 1.86 bits per heavy atom. The Morgan fingerprint density at radius 1 is 1.27 bits per heavy atom. The monoisotopic (exact) mass is 322 g/mol. The minimum Gasteiger partial charge on any atom is -0.348 e. The van der Waals surface area contributed by atoms with Crippen LogP contribution in [0.2, 0.25) is 0 Å². The Hall–Kier alpha value is -1.85. The molecule has 3 N–H and O–H groups in total. The summed E-state index contributed by atoms with van der Waals surface area (Å²) in [4.78, 5) is 12.3. The van der Waals surface area contributed by atoms with Crippen molar-refractivity contribution in [1.29, 1.82) is 0 Å². The van der Waals surface area contributed by atoms with Crippen LogP contribution in [0.3, 0.4) is 0 Å². The number of carbonyl (C=O) groups is 1. The molecule has 2 rings (SSSR count). The van der Waals surface area contributed by atoms with Gasteiger partial charge in [-0.05, 0) is 26.3 Å². The molecule has 120 valence electrons. The first kappa shape index (κ1) is 18.2. The van der Waals surface area contributed by atoms with Gasteiger partial charge in [-0.3, -0.25) is 9.48 Å². The molecule has 1 heterocycles. The van der Waals surface area contributed by atoms with Crippen LogP contribution in [-0.2, 0) is 11.8 Å². The summed E-state index contributed by atoms with van der Waals surface area (Å²) >= 11 is 0. The highest BCUT2D eigenvalue weighted by molar-refractivity contribution is 5.85. The van der Waals surface area contributed by atoms with Crippen LogP contribution in [0.5, 0.6) is 0 Å². The number of halogens is 1. The molecular weight excluding hydrogens is 300 g/mol. The molecule has 1 amide bonds. The van der Waals surface area contributed by atoms with E-state index in [4.69, 9.17) is 5.73 Å². The molecule has 0 fully saturated rings. The minimum atomic E-state index is -0.662. The molecule has 0 radical (unpaired) electrons. The first-order chi connectivity index (χ1) is 9.90. The van der Waals surface area contributed by atoms with Crippen molar-refractivity contribution in [1.82, 2.24) is 15.1 Å². The van der Waals surface area contributed by atoms with Crippen molar-refractivity contribution in [2.75, 3.05) is 0 Å². The van der Waals surface area contributed by atoms with E-state index in [0.717, 1.165) is 22.4 Å². The number of nitrogens with two attached hydrogens (primary N) is 1. The van der Waals surface area contributed by atoms with Crippen molar-refractivity contribution in [2.24, 2.45) is 12.8 Å². The summed E-state index contributed by atoms with van der Waals surface area (Å²) in [7, 11) is 1.88. The Kier molecular flexibility index (Phi) is 6.14. The second-order valence-electron chi connectivity index (χ2n) is 5.43. The standard InChI is InChI=1S/C16H22N4O.ClH/c1-10-5-7-13(8-6-10)15(17)16(21)19-11(2)14-9-18-20(4)12(14)3;/h5-9,11,15H,17H2,1-4H3,(H,19,21);1H. The highest BCUT2D eigenvalue weighted by Crippen LogP contribution is 2.18. The van der Waals surface area contributed by atoms with Crippen molar-refractivity contribution in [3.8, 4) is 0 Å². The zero-order valence-corrected chi connectivity index (χ0v) is 14.1. The fourth-order valence-electron chi connectivity index (χ4n) is 2.25. The van der Waals surface area contributed by atoms with Crippen molar-refractivity contribution in [3.63, 3.8) is 0 Å². The van der Waals surface area contributed by atoms with Gasteiger partial charge >= 0.3 is 0 Å². The lowest BCUT2D eigenvalue weighted by molar-refractivity contribution is -0.123. The van der Waals surface area contributed by atoms with E-state index in [1.54, 1.807) is 10.9 Å². The molecule has 5 nitrogen and oxygen atoms in total. The molecule has 1 aromatic heterocycles. The lowest BCUT2D eigenvalue weighted by Gasteiger charge is -2.18. The largest absolute Gasteiger partial charge is 0.348 e. The van der Waals surface area contributed by atoms with Gasteiger partial charge in [-0.15, -0.1) is 12.4 Å². The number of nitrogens with zero attached hydrogens (tertiary/aromatic N) is 2. The molecule has 0 saturated carbocycles. The van der Waals surface area contributed by atoms with E-state index in [9.17, 15) is 4.79 Å². The zero-order valence-electron chi connectivity index (χ0n) is 13.3. The number of benzene rings is 1. The zero-order chi connectivity index (χ0) is 15.6. The molecule has 0 aliphatic carbocycles. The third kappa shape index (κ3) is 3.87. The highest BCUT2D eigenvalue weighted by Gasteiger charge is 2.20. The fraction of sp³-hybridized carbons (Fsp3) is 0.375. The maximum absolute atomic E-state index is 12.3. The fourth-order valence-corrected chi connectivity index (χ4v) is 2.25. The summed E-state index contributed by atoms with van der Waals surface area (Å²) in [5.74, 6) is -0.186. The van der Waals surface area contributed by atoms with Crippen LogP contribution >= 0.6 is 12.4 Å². The molecule has 6 heteroatoms. The van der Waals surface area contributed by atoms with Crippen molar-refractivity contribution in [2.45, 2.75) is 32.9 Å². The van der Waals surface area contributed by atoms with Gasteiger partial charge in [0.25, 0.3) is 0 Å². The van der Waals surface area contributed by atoms with E-state index < -0.39 is 6.04 Å². The van der Waals surface area contributed by atoms with Gasteiger partial charge in [-0.1, -0.05) is 29.8 Å². The molecule has 22 heavy (non-hydrogen) atoms. The van der Waals surface area contributed by atoms with Gasteiger partial charge in [-0.2, -0.15) is 5.10 Å². The predicted octanol–water partition coefficient (Wildman–Crippen LogP) is 2.34. The number of hydrogen-bond acceptors (Lipinski definition) is 3. The number of rotatable bonds is 4. The Bertz CT molecular complexity index is 636. The summed E-state index contributed by atoms with van der Waals surface area (Å²) in [6.07, 6.45) is 1.78. The topological polar surface area (TPSA) is 72.9 Å². The molecule has 2 atom stereocenters. The second kappa shape index (κ2) is 7.42. The van der Waals surface area contributed by atoms with Crippen LogP contribution in [0, 0.1) is 13.8 Å². The Morgan fingerprint density at radius 3 is 2.36 bits per heavy atom. The molecule has 0 aliphatic rings. The van der Waals surface area contributed by atoms with E-state index in [1.807, 2.05) is 52.1 Å². The third-order valence-corrected chi connectivity index (χ3v) is 3.82. The number of aromatic nitrogens is 2. The molecular formula is C16H23ClN4O. The van der Waals surface area contributed by atoms with Gasteiger partial charge in [0.15, 0.2) is 0 Å². The molecule has 1 aromatic carbocycles. The summed E-state index contributed by atoms with van der Waals surface area (Å²) < 4.78 is 1.79. The van der Waals surface area contributed by atoms with E-state index in [-0.39, 0.29) is 24.4 Å². The number of amides is 1. The number of aryl methyl sites for hydroxylation is 2. The average Bonchev–Trinajstić information content (AvgIpc) is 2.79. The summed E-state index contributed by atoms with van der Waals surface area (Å²) in [5, 5.41) is 7.14. The second-order valence-corrected chi connectivity index (χ2v) is 5.43. The SMILES string of the molecule is Cc1ccc(C(N)C(=O)NC(C)c2cnn(C)c2C)cc1.Cl. The van der Waals surface area contributed by atoms with Gasteiger partial charge in [0.2, 0.25) is 5.91 Å². The molecule has 0 bridgehead atoms. The van der Waals surface area contributed by atoms with Crippen molar-refractivity contribution >= 4 is 18.3 Å². The highest BCUT2D eigenvalue weighted by atomic mass is 35.5. The van der Waals surface area contributed by atoms with Crippen LogP contribution in [0.25, 0.3) is 0 Å².